The van der Waals surface area contributed by atoms with Gasteiger partial charge in [0.15, 0.2) is 23.0 Å². The fourth-order valence-electron chi connectivity index (χ4n) is 3.58. The van der Waals surface area contributed by atoms with Gasteiger partial charge in [0.05, 0.1) is 14.2 Å². The number of carbonyl (C=O) groups is 1. The van der Waals surface area contributed by atoms with Crippen LogP contribution in [0.1, 0.15) is 27.0 Å². The van der Waals surface area contributed by atoms with E-state index in [4.69, 9.17) is 23.7 Å². The lowest BCUT2D eigenvalue weighted by molar-refractivity contribution is 0.0713. The Kier molecular flexibility index (Phi) is 5.17. The van der Waals surface area contributed by atoms with E-state index in [1.165, 1.54) is 14.2 Å². The monoisotopic (exact) mass is 413 g/mol. The lowest BCUT2D eigenvalue weighted by atomic mass is 9.99. The summed E-state index contributed by atoms with van der Waals surface area (Å²) in [6.07, 6.45) is 2.31. The van der Waals surface area contributed by atoms with Crippen LogP contribution in [-0.4, -0.2) is 57.6 Å². The van der Waals surface area contributed by atoms with Crippen molar-refractivity contribution in [3.05, 3.63) is 40.5 Å². The van der Waals surface area contributed by atoms with Gasteiger partial charge in [-0.25, -0.2) is 4.79 Å². The molecule has 0 aliphatic carbocycles. The Labute approximate surface area is 174 Å². The number of esters is 1. The van der Waals surface area contributed by atoms with E-state index in [1.807, 2.05) is 25.1 Å². The summed E-state index contributed by atoms with van der Waals surface area (Å²) in [5, 5.41) is 10.9. The average molecular weight is 413 g/mol. The molecular weight excluding hydrogens is 390 g/mol. The van der Waals surface area contributed by atoms with Crippen molar-refractivity contribution < 1.29 is 33.6 Å². The molecule has 2 aromatic rings. The lowest BCUT2D eigenvalue weighted by Gasteiger charge is -2.14. The summed E-state index contributed by atoms with van der Waals surface area (Å²) in [7, 11) is 6.92. The third-order valence-electron chi connectivity index (χ3n) is 5.08. The normalized spacial score (nSPS) is 15.5. The van der Waals surface area contributed by atoms with Crippen LogP contribution in [0.2, 0.25) is 0 Å². The maximum Gasteiger partial charge on any atom is 0.348 e. The van der Waals surface area contributed by atoms with Gasteiger partial charge in [-0.15, -0.1) is 0 Å². The Morgan fingerprint density at radius 3 is 2.70 bits per heavy atom. The second-order valence-electron chi connectivity index (χ2n) is 7.21. The minimum atomic E-state index is -0.540. The number of hydrogen-bond acceptors (Lipinski definition) is 8. The van der Waals surface area contributed by atoms with Gasteiger partial charge in [0, 0.05) is 17.7 Å². The fourth-order valence-corrected chi connectivity index (χ4v) is 3.58. The van der Waals surface area contributed by atoms with Crippen molar-refractivity contribution in [1.82, 2.24) is 4.90 Å². The first-order valence-electron chi connectivity index (χ1n) is 9.43. The minimum Gasteiger partial charge on any atom is -0.504 e. The number of benzene rings is 2. The zero-order valence-electron chi connectivity index (χ0n) is 17.3. The van der Waals surface area contributed by atoms with Gasteiger partial charge >= 0.3 is 5.97 Å². The Morgan fingerprint density at radius 1 is 1.20 bits per heavy atom. The summed E-state index contributed by atoms with van der Waals surface area (Å²) in [5.41, 5.74) is 2.22. The summed E-state index contributed by atoms with van der Waals surface area (Å²) >= 11 is 0. The molecular formula is C22H23NO7. The van der Waals surface area contributed by atoms with Crippen molar-refractivity contribution in [2.45, 2.75) is 6.42 Å². The summed E-state index contributed by atoms with van der Waals surface area (Å²) in [5.74, 6) is 1.26. The maximum atomic E-state index is 12.6. The minimum absolute atomic E-state index is 0.0452. The van der Waals surface area contributed by atoms with Crippen LogP contribution in [0.5, 0.6) is 28.7 Å². The summed E-state index contributed by atoms with van der Waals surface area (Å²) < 4.78 is 27.0. The molecule has 2 aliphatic heterocycles. The van der Waals surface area contributed by atoms with Crippen LogP contribution in [0.3, 0.4) is 0 Å². The number of likely N-dealkylation sites (N-methyl/N-ethyl adjacent to an activating group) is 1. The molecule has 2 aliphatic rings. The molecule has 2 heterocycles. The number of aromatic hydroxyl groups is 1. The van der Waals surface area contributed by atoms with E-state index in [1.54, 1.807) is 18.2 Å². The predicted molar refractivity (Wildman–Crippen MR) is 109 cm³/mol. The number of fused-ring (bicyclic) bond motifs is 2. The summed E-state index contributed by atoms with van der Waals surface area (Å²) in [6.45, 7) is 0.807. The molecule has 0 radical (unpaired) electrons. The third kappa shape index (κ3) is 3.29. The van der Waals surface area contributed by atoms with Gasteiger partial charge in [0.2, 0.25) is 12.5 Å². The third-order valence-corrected chi connectivity index (χ3v) is 5.08. The van der Waals surface area contributed by atoms with E-state index in [2.05, 4.69) is 0 Å². The number of hydrogen-bond donors (Lipinski definition) is 1. The average Bonchev–Trinajstić information content (AvgIpc) is 3.32. The Hall–Kier alpha value is -3.39. The molecule has 0 atom stereocenters. The van der Waals surface area contributed by atoms with Crippen LogP contribution < -0.4 is 18.9 Å². The number of carbonyl (C=O) groups excluding carboxylic acids is 1. The molecule has 0 saturated carbocycles. The van der Waals surface area contributed by atoms with Crippen molar-refractivity contribution in [2.75, 3.05) is 41.7 Å². The lowest BCUT2D eigenvalue weighted by Crippen LogP contribution is -2.15. The molecule has 0 unspecified atom stereocenters. The van der Waals surface area contributed by atoms with Gasteiger partial charge in [0.25, 0.3) is 0 Å². The first-order chi connectivity index (χ1) is 14.4. The highest BCUT2D eigenvalue weighted by molar-refractivity contribution is 6.08. The van der Waals surface area contributed by atoms with Crippen LogP contribution in [-0.2, 0) is 11.2 Å². The molecule has 2 aromatic carbocycles. The Morgan fingerprint density at radius 2 is 2.00 bits per heavy atom. The van der Waals surface area contributed by atoms with Crippen molar-refractivity contribution in [2.24, 2.45) is 0 Å². The van der Waals surface area contributed by atoms with E-state index in [9.17, 15) is 9.90 Å². The molecule has 8 nitrogen and oxygen atoms in total. The maximum absolute atomic E-state index is 12.6. The number of nitrogens with zero attached hydrogens (tertiary/aromatic N) is 1. The fraction of sp³-hybridized carbons (Fsp3) is 0.318. The van der Waals surface area contributed by atoms with E-state index in [-0.39, 0.29) is 23.9 Å². The van der Waals surface area contributed by atoms with Gasteiger partial charge in [-0.1, -0.05) is 0 Å². The topological polar surface area (TPSA) is 86.7 Å². The molecule has 158 valence electrons. The quantitative estimate of drug-likeness (QED) is 0.724. The van der Waals surface area contributed by atoms with Crippen LogP contribution in [0.15, 0.2) is 18.2 Å². The molecule has 0 spiro atoms. The van der Waals surface area contributed by atoms with Crippen molar-refractivity contribution >= 4 is 17.8 Å². The summed E-state index contributed by atoms with van der Waals surface area (Å²) in [4.78, 5) is 14.6. The zero-order valence-corrected chi connectivity index (χ0v) is 17.3. The van der Waals surface area contributed by atoms with E-state index in [0.717, 1.165) is 12.1 Å². The Balaban J connectivity index is 1.84. The SMILES string of the molecule is COc1ccc2c(c1OC)C(=O)O/C2=C/c1c(CCN(C)C)cc2c(c1O)OCO2. The molecule has 0 amide bonds. The van der Waals surface area contributed by atoms with Crippen molar-refractivity contribution in [3.8, 4) is 28.7 Å². The molecule has 0 fully saturated rings. The van der Waals surface area contributed by atoms with E-state index in [0.29, 0.717) is 40.6 Å². The number of phenolic OH excluding ortho intramolecular Hbond substituents is 1. The summed E-state index contributed by atoms with van der Waals surface area (Å²) in [6, 6.07) is 5.29. The zero-order chi connectivity index (χ0) is 21.4. The van der Waals surface area contributed by atoms with Crippen molar-refractivity contribution in [3.63, 3.8) is 0 Å². The smallest absolute Gasteiger partial charge is 0.348 e. The molecule has 0 bridgehead atoms. The molecule has 0 aromatic heterocycles. The van der Waals surface area contributed by atoms with Gasteiger partial charge in [-0.2, -0.15) is 0 Å². The molecule has 30 heavy (non-hydrogen) atoms. The predicted octanol–water partition coefficient (Wildman–Crippen LogP) is 2.91. The van der Waals surface area contributed by atoms with Crippen LogP contribution in [0, 0.1) is 0 Å². The second kappa shape index (κ2) is 7.79. The highest BCUT2D eigenvalue weighted by Gasteiger charge is 2.33. The number of cyclic esters (lactones) is 1. The Bertz CT molecular complexity index is 1040. The van der Waals surface area contributed by atoms with Crippen LogP contribution in [0.4, 0.5) is 0 Å². The number of ether oxygens (including phenoxy) is 5. The molecule has 8 heteroatoms. The number of phenols is 1. The standard InChI is InChI=1S/C22H23NO7/c1-23(2)8-7-12-9-17-21(29-11-28-17)19(24)14(12)10-16-13-5-6-15(26-3)20(27-4)18(13)22(25)30-16/h5-6,9-10,24H,7-8,11H2,1-4H3/b16-10+. The van der Waals surface area contributed by atoms with Crippen LogP contribution >= 0.6 is 0 Å². The first-order valence-corrected chi connectivity index (χ1v) is 9.43. The highest BCUT2D eigenvalue weighted by atomic mass is 16.7. The largest absolute Gasteiger partial charge is 0.504 e. The second-order valence-corrected chi connectivity index (χ2v) is 7.21. The van der Waals surface area contributed by atoms with E-state index < -0.39 is 5.97 Å². The highest BCUT2D eigenvalue weighted by Crippen LogP contribution is 2.47. The van der Waals surface area contributed by atoms with Crippen molar-refractivity contribution in [1.29, 1.82) is 0 Å². The number of rotatable bonds is 6. The van der Waals surface area contributed by atoms with Crippen LogP contribution in [0.25, 0.3) is 11.8 Å². The van der Waals surface area contributed by atoms with Gasteiger partial charge in [-0.05, 0) is 50.4 Å². The molecule has 0 saturated heterocycles. The number of methoxy groups -OCH3 is 2. The molecule has 1 N–H and O–H groups in total. The molecule has 4 rings (SSSR count). The van der Waals surface area contributed by atoms with Gasteiger partial charge < -0.3 is 33.7 Å². The van der Waals surface area contributed by atoms with E-state index >= 15 is 0 Å². The first kappa shape index (κ1) is 19.9. The van der Waals surface area contributed by atoms with Gasteiger partial charge in [0.1, 0.15) is 11.3 Å². The van der Waals surface area contributed by atoms with Gasteiger partial charge in [-0.3, -0.25) is 0 Å².